The van der Waals surface area contributed by atoms with Crippen LogP contribution in [0.15, 0.2) is 0 Å². The van der Waals surface area contributed by atoms with Crippen molar-refractivity contribution in [3.05, 3.63) is 0 Å². The predicted octanol–water partition coefficient (Wildman–Crippen LogP) is 4.12. The lowest BCUT2D eigenvalue weighted by atomic mass is 9.61. The van der Waals surface area contributed by atoms with Crippen LogP contribution in [0.4, 0.5) is 0 Å². The predicted molar refractivity (Wildman–Crippen MR) is 73.5 cm³/mol. The Hall–Kier alpha value is -0.370. The van der Waals surface area contributed by atoms with Gasteiger partial charge in [0.25, 0.3) is 0 Å². The smallest absolute Gasteiger partial charge is 0.144 e. The molecule has 18 heavy (non-hydrogen) atoms. The number of ether oxygens (including phenoxy) is 1. The molecule has 0 radical (unpaired) electrons. The van der Waals surface area contributed by atoms with Crippen LogP contribution >= 0.6 is 0 Å². The molecular weight excluding hydrogens is 224 g/mol. The van der Waals surface area contributed by atoms with E-state index >= 15 is 0 Å². The van der Waals surface area contributed by atoms with Crippen molar-refractivity contribution in [2.75, 3.05) is 0 Å². The summed E-state index contributed by atoms with van der Waals surface area (Å²) >= 11 is 0. The zero-order chi connectivity index (χ0) is 13.4. The van der Waals surface area contributed by atoms with Crippen LogP contribution in [0.3, 0.4) is 0 Å². The monoisotopic (exact) mass is 252 g/mol. The number of ketones is 1. The van der Waals surface area contributed by atoms with E-state index in [1.54, 1.807) is 0 Å². The second-order valence-corrected chi connectivity index (χ2v) is 6.98. The molecule has 0 aliphatic heterocycles. The van der Waals surface area contributed by atoms with E-state index in [0.717, 1.165) is 12.8 Å². The van der Waals surface area contributed by atoms with Crippen LogP contribution in [0.25, 0.3) is 0 Å². The van der Waals surface area contributed by atoms with Gasteiger partial charge < -0.3 is 4.74 Å². The Bertz CT molecular complexity index is 305. The Morgan fingerprint density at radius 2 is 1.72 bits per heavy atom. The minimum atomic E-state index is -0.146. The topological polar surface area (TPSA) is 26.3 Å². The van der Waals surface area contributed by atoms with Gasteiger partial charge in [-0.3, -0.25) is 4.79 Å². The number of carbonyl (C=O) groups is 1. The van der Waals surface area contributed by atoms with E-state index in [0.29, 0.717) is 23.7 Å². The molecule has 0 aromatic heterocycles. The van der Waals surface area contributed by atoms with Crippen LogP contribution in [-0.4, -0.2) is 18.0 Å². The molecule has 2 aliphatic carbocycles. The van der Waals surface area contributed by atoms with E-state index in [1.165, 1.54) is 25.7 Å². The van der Waals surface area contributed by atoms with E-state index in [1.807, 2.05) is 0 Å². The van der Waals surface area contributed by atoms with Gasteiger partial charge in [-0.15, -0.1) is 0 Å². The zero-order valence-electron chi connectivity index (χ0n) is 12.4. The van der Waals surface area contributed by atoms with Crippen molar-refractivity contribution in [1.29, 1.82) is 0 Å². The largest absolute Gasteiger partial charge is 0.373 e. The zero-order valence-corrected chi connectivity index (χ0v) is 12.4. The molecule has 0 N–H and O–H groups in total. The Labute approximate surface area is 111 Å². The summed E-state index contributed by atoms with van der Waals surface area (Å²) in [4.78, 5) is 11.9. The Morgan fingerprint density at radius 1 is 1.17 bits per heavy atom. The minimum absolute atomic E-state index is 0.146. The van der Waals surface area contributed by atoms with E-state index in [2.05, 4.69) is 27.7 Å². The van der Waals surface area contributed by atoms with Crippen molar-refractivity contribution in [1.82, 2.24) is 0 Å². The Balaban J connectivity index is 1.90. The maximum atomic E-state index is 11.9. The van der Waals surface area contributed by atoms with Crippen molar-refractivity contribution in [3.63, 3.8) is 0 Å². The molecule has 2 aliphatic rings. The fourth-order valence-corrected chi connectivity index (χ4v) is 3.63. The molecule has 2 rings (SSSR count). The number of hydrogen-bond donors (Lipinski definition) is 0. The van der Waals surface area contributed by atoms with E-state index in [4.69, 9.17) is 4.74 Å². The van der Waals surface area contributed by atoms with Crippen LogP contribution < -0.4 is 0 Å². The van der Waals surface area contributed by atoms with Gasteiger partial charge in [0.2, 0.25) is 0 Å². The fraction of sp³-hybridized carbons (Fsp3) is 0.938. The minimum Gasteiger partial charge on any atom is -0.373 e. The van der Waals surface area contributed by atoms with Crippen molar-refractivity contribution in [2.24, 2.45) is 10.8 Å². The summed E-state index contributed by atoms with van der Waals surface area (Å²) in [5.74, 6) is 0.425. The molecule has 0 aromatic rings. The van der Waals surface area contributed by atoms with Gasteiger partial charge in [0, 0.05) is 6.42 Å². The van der Waals surface area contributed by atoms with E-state index in [-0.39, 0.29) is 11.5 Å². The lowest BCUT2D eigenvalue weighted by Crippen LogP contribution is -2.56. The van der Waals surface area contributed by atoms with Gasteiger partial charge in [0.15, 0.2) is 0 Å². The molecule has 0 bridgehead atoms. The van der Waals surface area contributed by atoms with Gasteiger partial charge in [-0.25, -0.2) is 0 Å². The Kier molecular flexibility index (Phi) is 3.87. The molecule has 2 saturated carbocycles. The third-order valence-corrected chi connectivity index (χ3v) is 5.45. The summed E-state index contributed by atoms with van der Waals surface area (Å²) in [7, 11) is 0. The first-order valence-electron chi connectivity index (χ1n) is 7.62. The van der Waals surface area contributed by atoms with Gasteiger partial charge in [-0.05, 0) is 43.9 Å². The molecule has 2 heteroatoms. The highest BCUT2D eigenvalue weighted by atomic mass is 16.5. The van der Waals surface area contributed by atoms with Crippen molar-refractivity contribution in [3.8, 4) is 0 Å². The average molecular weight is 252 g/mol. The van der Waals surface area contributed by atoms with Crippen LogP contribution in [0.1, 0.15) is 72.6 Å². The molecule has 2 fully saturated rings. The highest BCUT2D eigenvalue weighted by Gasteiger charge is 2.53. The first-order valence-corrected chi connectivity index (χ1v) is 7.62. The number of rotatable bonds is 4. The first kappa shape index (κ1) is 14.0. The van der Waals surface area contributed by atoms with Gasteiger partial charge >= 0.3 is 0 Å². The van der Waals surface area contributed by atoms with Crippen LogP contribution in [0.2, 0.25) is 0 Å². The fourth-order valence-electron chi connectivity index (χ4n) is 3.63. The van der Waals surface area contributed by atoms with Gasteiger partial charge in [-0.1, -0.05) is 27.7 Å². The average Bonchev–Trinajstić information content (AvgIpc) is 2.32. The highest BCUT2D eigenvalue weighted by molar-refractivity contribution is 5.92. The maximum Gasteiger partial charge on any atom is 0.144 e. The van der Waals surface area contributed by atoms with Crippen LogP contribution in [-0.2, 0) is 9.53 Å². The van der Waals surface area contributed by atoms with Crippen LogP contribution in [0, 0.1) is 10.8 Å². The van der Waals surface area contributed by atoms with E-state index < -0.39 is 0 Å². The van der Waals surface area contributed by atoms with Gasteiger partial charge in [-0.2, -0.15) is 0 Å². The SMILES string of the molecule is CCC1(CC)C(=O)CC1OC1CCC(C)(C)CC1. The summed E-state index contributed by atoms with van der Waals surface area (Å²) in [6.45, 7) is 8.94. The summed E-state index contributed by atoms with van der Waals surface area (Å²) in [6.07, 6.45) is 7.97. The van der Waals surface area contributed by atoms with Crippen LogP contribution in [0.5, 0.6) is 0 Å². The molecule has 104 valence electrons. The number of Topliss-reactive ketones (excluding diaryl/α,β-unsaturated/α-hetero) is 1. The summed E-state index contributed by atoms with van der Waals surface area (Å²) in [6, 6.07) is 0. The summed E-state index contributed by atoms with van der Waals surface area (Å²) < 4.78 is 6.27. The van der Waals surface area contributed by atoms with Crippen molar-refractivity contribution < 1.29 is 9.53 Å². The molecule has 0 heterocycles. The second-order valence-electron chi connectivity index (χ2n) is 6.98. The molecular formula is C16H28O2. The number of carbonyl (C=O) groups excluding carboxylic acids is 1. The molecule has 0 saturated heterocycles. The summed E-state index contributed by atoms with van der Waals surface area (Å²) in [5.41, 5.74) is 0.342. The third kappa shape index (κ3) is 2.36. The van der Waals surface area contributed by atoms with Gasteiger partial charge in [0.05, 0.1) is 17.6 Å². The molecule has 1 atom stereocenters. The lowest BCUT2D eigenvalue weighted by Gasteiger charge is -2.49. The lowest BCUT2D eigenvalue weighted by molar-refractivity contribution is -0.177. The van der Waals surface area contributed by atoms with Crippen molar-refractivity contribution >= 4 is 5.78 Å². The second kappa shape index (κ2) is 4.96. The third-order valence-electron chi connectivity index (χ3n) is 5.45. The molecule has 1 unspecified atom stereocenters. The molecule has 0 spiro atoms. The summed E-state index contributed by atoms with van der Waals surface area (Å²) in [5, 5.41) is 0. The number of hydrogen-bond acceptors (Lipinski definition) is 2. The van der Waals surface area contributed by atoms with E-state index in [9.17, 15) is 4.79 Å². The normalized spacial score (nSPS) is 31.1. The molecule has 0 amide bonds. The molecule has 0 aromatic carbocycles. The standard InChI is InChI=1S/C16H28O2/c1-5-16(6-2)13(17)11-14(16)18-12-7-9-15(3,4)10-8-12/h12,14H,5-11H2,1-4H3. The maximum absolute atomic E-state index is 11.9. The quantitative estimate of drug-likeness (QED) is 0.752. The molecule has 2 nitrogen and oxygen atoms in total. The highest BCUT2D eigenvalue weighted by Crippen LogP contribution is 2.47. The van der Waals surface area contributed by atoms with Crippen molar-refractivity contribution in [2.45, 2.75) is 84.8 Å². The Morgan fingerprint density at radius 3 is 2.17 bits per heavy atom. The first-order chi connectivity index (χ1) is 8.43. The van der Waals surface area contributed by atoms with Gasteiger partial charge in [0.1, 0.15) is 5.78 Å².